The molecule has 0 aromatic rings. The zero-order valence-corrected chi connectivity index (χ0v) is 8.45. The van der Waals surface area contributed by atoms with Crippen LogP contribution in [0.4, 0.5) is 0 Å². The predicted octanol–water partition coefficient (Wildman–Crippen LogP) is 0.431. The lowest BCUT2D eigenvalue weighted by Gasteiger charge is -2.33. The second kappa shape index (κ2) is 6.37. The van der Waals surface area contributed by atoms with E-state index in [1.807, 2.05) is 0 Å². The van der Waals surface area contributed by atoms with Gasteiger partial charge in [0.1, 0.15) is 0 Å². The van der Waals surface area contributed by atoms with Gasteiger partial charge in [-0.2, -0.15) is 10.5 Å². The van der Waals surface area contributed by atoms with Crippen LogP contribution in [0.15, 0.2) is 0 Å². The molecule has 1 aliphatic rings. The number of hydrogen-bond acceptors (Lipinski definition) is 4. The Bertz CT molecular complexity index is 229. The highest BCUT2D eigenvalue weighted by Gasteiger charge is 2.15. The maximum atomic E-state index is 8.52. The number of piperazine rings is 1. The van der Waals surface area contributed by atoms with E-state index in [1.54, 1.807) is 0 Å². The summed E-state index contributed by atoms with van der Waals surface area (Å²) in [6, 6.07) is 4.33. The average molecular weight is 192 g/mol. The summed E-state index contributed by atoms with van der Waals surface area (Å²) in [5.41, 5.74) is 0. The minimum absolute atomic E-state index is 0.548. The van der Waals surface area contributed by atoms with Crippen molar-refractivity contribution in [2.24, 2.45) is 0 Å². The van der Waals surface area contributed by atoms with E-state index in [1.165, 1.54) is 0 Å². The summed E-state index contributed by atoms with van der Waals surface area (Å²) >= 11 is 0. The van der Waals surface area contributed by atoms with E-state index in [-0.39, 0.29) is 0 Å². The molecule has 1 heterocycles. The first kappa shape index (κ1) is 11.0. The maximum absolute atomic E-state index is 8.52. The highest BCUT2D eigenvalue weighted by Crippen LogP contribution is 2.02. The molecule has 0 amide bonds. The molecule has 0 radical (unpaired) electrons. The highest BCUT2D eigenvalue weighted by atomic mass is 15.3. The van der Waals surface area contributed by atoms with E-state index in [0.29, 0.717) is 13.0 Å². The topological polar surface area (TPSA) is 54.1 Å². The molecule has 0 aliphatic carbocycles. The molecular weight excluding hydrogens is 176 g/mol. The van der Waals surface area contributed by atoms with Gasteiger partial charge in [-0.05, 0) is 13.0 Å². The van der Waals surface area contributed by atoms with Crippen molar-refractivity contribution in [3.8, 4) is 12.1 Å². The first-order valence-corrected chi connectivity index (χ1v) is 5.05. The molecule has 4 heteroatoms. The van der Waals surface area contributed by atoms with E-state index in [2.05, 4.69) is 21.9 Å². The van der Waals surface area contributed by atoms with Crippen LogP contribution in [0.2, 0.25) is 0 Å². The summed E-state index contributed by atoms with van der Waals surface area (Å²) in [6.07, 6.45) is 1.62. The molecule has 1 aliphatic heterocycles. The molecule has 0 aromatic carbocycles. The van der Waals surface area contributed by atoms with E-state index >= 15 is 0 Å². The second-order valence-corrected chi connectivity index (χ2v) is 3.54. The third kappa shape index (κ3) is 3.74. The van der Waals surface area contributed by atoms with Crippen LogP contribution in [-0.2, 0) is 0 Å². The maximum Gasteiger partial charge on any atom is 0.0866 e. The molecule has 4 nitrogen and oxygen atoms in total. The van der Waals surface area contributed by atoms with Gasteiger partial charge in [0, 0.05) is 32.6 Å². The Hall–Kier alpha value is -1.10. The molecule has 0 bridgehead atoms. The molecule has 14 heavy (non-hydrogen) atoms. The fourth-order valence-electron chi connectivity index (χ4n) is 1.65. The number of nitriles is 2. The fraction of sp³-hybridized carbons (Fsp3) is 0.800. The lowest BCUT2D eigenvalue weighted by Crippen LogP contribution is -2.46. The van der Waals surface area contributed by atoms with Crippen LogP contribution in [0.5, 0.6) is 0 Å². The van der Waals surface area contributed by atoms with Gasteiger partial charge in [-0.25, -0.2) is 0 Å². The predicted molar refractivity (Wildman–Crippen MR) is 53.3 cm³/mol. The van der Waals surface area contributed by atoms with Crippen molar-refractivity contribution in [3.05, 3.63) is 0 Å². The Labute approximate surface area is 85.3 Å². The van der Waals surface area contributed by atoms with Gasteiger partial charge in [0.05, 0.1) is 18.7 Å². The standard InChI is InChI=1S/C10H16N4/c11-3-1-2-5-13-7-9-14(6-4-12)10-8-13/h1-2,5-10H2. The van der Waals surface area contributed by atoms with Gasteiger partial charge >= 0.3 is 0 Å². The van der Waals surface area contributed by atoms with Crippen LogP contribution in [0.25, 0.3) is 0 Å². The molecule has 1 saturated heterocycles. The van der Waals surface area contributed by atoms with E-state index in [0.717, 1.165) is 39.1 Å². The molecule has 1 rings (SSSR count). The molecule has 0 saturated carbocycles. The fourth-order valence-corrected chi connectivity index (χ4v) is 1.65. The van der Waals surface area contributed by atoms with Gasteiger partial charge in [0.2, 0.25) is 0 Å². The summed E-state index contributed by atoms with van der Waals surface area (Å²) in [4.78, 5) is 4.53. The number of unbranched alkanes of at least 4 members (excludes halogenated alkanes) is 1. The Morgan fingerprint density at radius 3 is 2.14 bits per heavy atom. The molecule has 0 spiro atoms. The lowest BCUT2D eigenvalue weighted by atomic mass is 10.2. The Kier molecular flexibility index (Phi) is 4.99. The van der Waals surface area contributed by atoms with Crippen LogP contribution in [0.1, 0.15) is 12.8 Å². The van der Waals surface area contributed by atoms with Gasteiger partial charge in [-0.3, -0.25) is 4.90 Å². The third-order valence-electron chi connectivity index (χ3n) is 2.52. The smallest absolute Gasteiger partial charge is 0.0866 e. The number of nitrogens with zero attached hydrogens (tertiary/aromatic N) is 4. The first-order chi connectivity index (χ1) is 6.86. The number of hydrogen-bond donors (Lipinski definition) is 0. The van der Waals surface area contributed by atoms with Crippen molar-refractivity contribution in [2.75, 3.05) is 39.3 Å². The number of rotatable bonds is 4. The summed E-state index contributed by atoms with van der Waals surface area (Å²) in [5, 5.41) is 16.9. The van der Waals surface area contributed by atoms with Gasteiger partial charge in [0.25, 0.3) is 0 Å². The van der Waals surface area contributed by atoms with Crippen LogP contribution in [-0.4, -0.2) is 49.1 Å². The molecular formula is C10H16N4. The van der Waals surface area contributed by atoms with Gasteiger partial charge in [0.15, 0.2) is 0 Å². The summed E-state index contributed by atoms with van der Waals surface area (Å²) in [6.45, 7) is 5.61. The molecule has 0 atom stereocenters. The second-order valence-electron chi connectivity index (χ2n) is 3.54. The minimum Gasteiger partial charge on any atom is -0.301 e. The highest BCUT2D eigenvalue weighted by molar-refractivity contribution is 4.81. The summed E-state index contributed by atoms with van der Waals surface area (Å²) in [5.74, 6) is 0. The van der Waals surface area contributed by atoms with Crippen LogP contribution >= 0.6 is 0 Å². The van der Waals surface area contributed by atoms with Gasteiger partial charge in [-0.15, -0.1) is 0 Å². The van der Waals surface area contributed by atoms with E-state index in [9.17, 15) is 0 Å². The Balaban J connectivity index is 2.11. The molecule has 0 aromatic heterocycles. The zero-order chi connectivity index (χ0) is 10.2. The van der Waals surface area contributed by atoms with Crippen molar-refractivity contribution in [1.29, 1.82) is 10.5 Å². The van der Waals surface area contributed by atoms with Crippen molar-refractivity contribution in [2.45, 2.75) is 12.8 Å². The van der Waals surface area contributed by atoms with Crippen LogP contribution in [0.3, 0.4) is 0 Å². The van der Waals surface area contributed by atoms with Crippen molar-refractivity contribution < 1.29 is 0 Å². The van der Waals surface area contributed by atoms with E-state index < -0.39 is 0 Å². The van der Waals surface area contributed by atoms with Gasteiger partial charge < -0.3 is 4.90 Å². The SMILES string of the molecule is N#CCCCN1CCN(CC#N)CC1. The summed E-state index contributed by atoms with van der Waals surface area (Å²) in [7, 11) is 0. The normalized spacial score (nSPS) is 18.7. The van der Waals surface area contributed by atoms with E-state index in [4.69, 9.17) is 10.5 Å². The largest absolute Gasteiger partial charge is 0.301 e. The third-order valence-corrected chi connectivity index (χ3v) is 2.52. The van der Waals surface area contributed by atoms with Crippen molar-refractivity contribution in [3.63, 3.8) is 0 Å². The minimum atomic E-state index is 0.548. The van der Waals surface area contributed by atoms with Gasteiger partial charge in [-0.1, -0.05) is 0 Å². The average Bonchev–Trinajstić information content (AvgIpc) is 2.21. The Morgan fingerprint density at radius 2 is 1.57 bits per heavy atom. The van der Waals surface area contributed by atoms with Crippen LogP contribution < -0.4 is 0 Å². The monoisotopic (exact) mass is 192 g/mol. The molecule has 76 valence electrons. The molecule has 1 fully saturated rings. The van der Waals surface area contributed by atoms with Crippen molar-refractivity contribution in [1.82, 2.24) is 9.80 Å². The molecule has 0 unspecified atom stereocenters. The summed E-state index contributed by atoms with van der Waals surface area (Å²) < 4.78 is 0. The molecule has 0 N–H and O–H groups in total. The van der Waals surface area contributed by atoms with Crippen LogP contribution in [0, 0.1) is 22.7 Å². The Morgan fingerprint density at radius 1 is 0.929 bits per heavy atom. The quantitative estimate of drug-likeness (QED) is 0.479. The lowest BCUT2D eigenvalue weighted by molar-refractivity contribution is 0.143. The first-order valence-electron chi connectivity index (χ1n) is 5.05. The van der Waals surface area contributed by atoms with Crippen molar-refractivity contribution >= 4 is 0 Å². The zero-order valence-electron chi connectivity index (χ0n) is 8.45.